The lowest BCUT2D eigenvalue weighted by atomic mass is 10.0. The maximum Gasteiger partial charge on any atom is 0.332 e. The van der Waals surface area contributed by atoms with E-state index in [0.717, 1.165) is 29.6 Å². The SMILES string of the molecule is CCCCCC/C=C/C1=C(CC(C)=C=CCC(O)C(=O)O)C(=O)CC1. The largest absolute Gasteiger partial charge is 0.479 e. The maximum absolute atomic E-state index is 12.1. The minimum absolute atomic E-state index is 0.0180. The van der Waals surface area contributed by atoms with Gasteiger partial charge in [-0.1, -0.05) is 38.3 Å². The summed E-state index contributed by atoms with van der Waals surface area (Å²) < 4.78 is 0. The van der Waals surface area contributed by atoms with E-state index in [9.17, 15) is 14.7 Å². The zero-order chi connectivity index (χ0) is 18.7. The topological polar surface area (TPSA) is 74.6 Å². The second kappa shape index (κ2) is 11.6. The van der Waals surface area contributed by atoms with Crippen molar-refractivity contribution >= 4 is 11.8 Å². The highest BCUT2D eigenvalue weighted by atomic mass is 16.4. The van der Waals surface area contributed by atoms with Crippen LogP contribution in [-0.2, 0) is 9.59 Å². The number of aliphatic hydroxyl groups is 1. The molecule has 2 N–H and O–H groups in total. The number of carbonyl (C=O) groups excluding carboxylic acids is 1. The van der Waals surface area contributed by atoms with Gasteiger partial charge >= 0.3 is 5.97 Å². The molecule has 0 fully saturated rings. The second-order valence-electron chi connectivity index (χ2n) is 6.57. The number of carboxylic acid groups (broad SMARTS) is 1. The Labute approximate surface area is 150 Å². The standard InChI is InChI=1S/C21H30O4/c1-3-4-5-6-7-8-11-17-13-14-19(22)18(17)15-16(2)10-9-12-20(23)21(24)25/h8-9,11,20,23H,3-7,12-15H2,1-2H3,(H,24,25)/b11-8+. The average molecular weight is 346 g/mol. The minimum atomic E-state index is -1.40. The molecule has 1 unspecified atom stereocenters. The van der Waals surface area contributed by atoms with E-state index < -0.39 is 12.1 Å². The molecule has 0 heterocycles. The molecule has 0 spiro atoms. The number of allylic oxidation sites excluding steroid dienone is 4. The smallest absolute Gasteiger partial charge is 0.332 e. The number of carboxylic acids is 1. The van der Waals surface area contributed by atoms with E-state index in [1.807, 2.05) is 6.92 Å². The summed E-state index contributed by atoms with van der Waals surface area (Å²) >= 11 is 0. The van der Waals surface area contributed by atoms with Crippen LogP contribution in [0.15, 0.2) is 40.7 Å². The lowest BCUT2D eigenvalue weighted by molar-refractivity contribution is -0.146. The molecule has 0 radical (unpaired) electrons. The summed E-state index contributed by atoms with van der Waals surface area (Å²) in [6.45, 7) is 4.07. The van der Waals surface area contributed by atoms with Gasteiger partial charge < -0.3 is 10.2 Å². The monoisotopic (exact) mass is 346 g/mol. The number of Topliss-reactive ketones (excluding diaryl/α,β-unsaturated/α-hetero) is 1. The minimum Gasteiger partial charge on any atom is -0.479 e. The van der Waals surface area contributed by atoms with Gasteiger partial charge in [0.15, 0.2) is 11.9 Å². The van der Waals surface area contributed by atoms with Gasteiger partial charge in [0, 0.05) is 24.8 Å². The van der Waals surface area contributed by atoms with E-state index in [2.05, 4.69) is 24.8 Å². The third-order valence-electron chi connectivity index (χ3n) is 4.31. The van der Waals surface area contributed by atoms with Gasteiger partial charge in [0.1, 0.15) is 0 Å². The molecule has 0 saturated carbocycles. The van der Waals surface area contributed by atoms with Gasteiger partial charge in [-0.05, 0) is 43.4 Å². The Kier molecular flexibility index (Phi) is 9.83. The lowest BCUT2D eigenvalue weighted by Crippen LogP contribution is -2.17. The molecule has 0 bridgehead atoms. The number of ketones is 1. The van der Waals surface area contributed by atoms with Gasteiger partial charge in [-0.25, -0.2) is 4.79 Å². The third kappa shape index (κ3) is 8.15. The van der Waals surface area contributed by atoms with Crippen LogP contribution in [0.2, 0.25) is 0 Å². The van der Waals surface area contributed by atoms with Crippen LogP contribution in [0.5, 0.6) is 0 Å². The predicted octanol–water partition coefficient (Wildman–Crippen LogP) is 4.50. The molecule has 1 atom stereocenters. The van der Waals surface area contributed by atoms with Crippen molar-refractivity contribution in [3.8, 4) is 0 Å². The van der Waals surface area contributed by atoms with Crippen LogP contribution in [0.4, 0.5) is 0 Å². The first-order valence-corrected chi connectivity index (χ1v) is 9.19. The predicted molar refractivity (Wildman–Crippen MR) is 99.3 cm³/mol. The Hall–Kier alpha value is -1.90. The van der Waals surface area contributed by atoms with Crippen molar-refractivity contribution in [3.05, 3.63) is 40.7 Å². The van der Waals surface area contributed by atoms with Crippen LogP contribution >= 0.6 is 0 Å². The van der Waals surface area contributed by atoms with Gasteiger partial charge in [-0.3, -0.25) is 4.79 Å². The zero-order valence-electron chi connectivity index (χ0n) is 15.4. The number of hydrogen-bond donors (Lipinski definition) is 2. The summed E-state index contributed by atoms with van der Waals surface area (Å²) in [5, 5.41) is 17.9. The first-order valence-electron chi connectivity index (χ1n) is 9.19. The normalized spacial score (nSPS) is 15.6. The summed E-state index contributed by atoms with van der Waals surface area (Å²) in [7, 11) is 0. The van der Waals surface area contributed by atoms with E-state index in [0.29, 0.717) is 12.8 Å². The summed E-state index contributed by atoms with van der Waals surface area (Å²) in [6, 6.07) is 0. The number of carbonyl (C=O) groups is 2. The molecular weight excluding hydrogens is 316 g/mol. The molecule has 1 rings (SSSR count). The van der Waals surface area contributed by atoms with E-state index in [1.165, 1.54) is 31.8 Å². The quantitative estimate of drug-likeness (QED) is 0.427. The van der Waals surface area contributed by atoms with E-state index >= 15 is 0 Å². The average Bonchev–Trinajstić information content (AvgIpc) is 2.91. The van der Waals surface area contributed by atoms with Crippen LogP contribution in [0.1, 0.15) is 71.6 Å². The fourth-order valence-electron chi connectivity index (χ4n) is 2.80. The molecule has 4 nitrogen and oxygen atoms in total. The van der Waals surface area contributed by atoms with Crippen molar-refractivity contribution in [2.45, 2.75) is 77.7 Å². The molecule has 0 aromatic rings. The molecule has 0 aromatic carbocycles. The van der Waals surface area contributed by atoms with Crippen LogP contribution in [-0.4, -0.2) is 28.1 Å². The van der Waals surface area contributed by atoms with Gasteiger partial charge in [0.25, 0.3) is 0 Å². The van der Waals surface area contributed by atoms with Crippen LogP contribution in [0.25, 0.3) is 0 Å². The molecule has 1 aliphatic rings. The molecule has 25 heavy (non-hydrogen) atoms. The number of unbranched alkanes of at least 4 members (excludes halogenated alkanes) is 4. The Morgan fingerprint density at radius 1 is 1.28 bits per heavy atom. The van der Waals surface area contributed by atoms with Crippen molar-refractivity contribution in [2.75, 3.05) is 0 Å². The lowest BCUT2D eigenvalue weighted by Gasteiger charge is -2.03. The van der Waals surface area contributed by atoms with Crippen LogP contribution in [0.3, 0.4) is 0 Å². The van der Waals surface area contributed by atoms with Crippen LogP contribution < -0.4 is 0 Å². The maximum atomic E-state index is 12.1. The Bertz CT molecular complexity index is 589. The molecular formula is C21H30O4. The molecule has 0 amide bonds. The number of aliphatic hydroxyl groups excluding tert-OH is 1. The van der Waals surface area contributed by atoms with Crippen molar-refractivity contribution in [2.24, 2.45) is 0 Å². The molecule has 0 aromatic heterocycles. The van der Waals surface area contributed by atoms with Crippen LogP contribution in [0, 0.1) is 0 Å². The molecule has 0 saturated heterocycles. The molecule has 1 aliphatic carbocycles. The highest BCUT2D eigenvalue weighted by Gasteiger charge is 2.21. The fourth-order valence-corrected chi connectivity index (χ4v) is 2.80. The van der Waals surface area contributed by atoms with Gasteiger partial charge in [-0.15, -0.1) is 5.73 Å². The summed E-state index contributed by atoms with van der Waals surface area (Å²) in [4.78, 5) is 22.7. The second-order valence-corrected chi connectivity index (χ2v) is 6.57. The summed E-state index contributed by atoms with van der Waals surface area (Å²) in [5.41, 5.74) is 5.82. The Balaban J connectivity index is 2.65. The van der Waals surface area contributed by atoms with E-state index in [4.69, 9.17) is 5.11 Å². The highest BCUT2D eigenvalue weighted by Crippen LogP contribution is 2.28. The first kappa shape index (κ1) is 21.1. The highest BCUT2D eigenvalue weighted by molar-refractivity contribution is 5.99. The zero-order valence-corrected chi connectivity index (χ0v) is 15.4. The molecule has 0 aliphatic heterocycles. The van der Waals surface area contributed by atoms with E-state index in [1.54, 1.807) is 0 Å². The first-order chi connectivity index (χ1) is 12.0. The Morgan fingerprint density at radius 2 is 2.04 bits per heavy atom. The van der Waals surface area contributed by atoms with Crippen molar-refractivity contribution in [3.63, 3.8) is 0 Å². The molecule has 4 heteroatoms. The van der Waals surface area contributed by atoms with Gasteiger partial charge in [0.05, 0.1) is 0 Å². The third-order valence-corrected chi connectivity index (χ3v) is 4.31. The van der Waals surface area contributed by atoms with Crippen molar-refractivity contribution < 1.29 is 19.8 Å². The summed E-state index contributed by atoms with van der Waals surface area (Å²) in [6.07, 6.45) is 12.3. The molecule has 138 valence electrons. The Morgan fingerprint density at radius 3 is 2.72 bits per heavy atom. The van der Waals surface area contributed by atoms with Crippen molar-refractivity contribution in [1.82, 2.24) is 0 Å². The number of rotatable bonds is 11. The van der Waals surface area contributed by atoms with Gasteiger partial charge in [0.2, 0.25) is 0 Å². The van der Waals surface area contributed by atoms with Crippen molar-refractivity contribution in [1.29, 1.82) is 0 Å². The number of hydrogen-bond acceptors (Lipinski definition) is 3. The fraction of sp³-hybridized carbons (Fsp3) is 0.571. The summed E-state index contributed by atoms with van der Waals surface area (Å²) in [5.74, 6) is -1.05. The van der Waals surface area contributed by atoms with E-state index in [-0.39, 0.29) is 12.2 Å². The van der Waals surface area contributed by atoms with Gasteiger partial charge in [-0.2, -0.15) is 0 Å². The number of aliphatic carboxylic acids is 1.